The van der Waals surface area contributed by atoms with E-state index in [0.29, 0.717) is 16.3 Å². The lowest BCUT2D eigenvalue weighted by Crippen LogP contribution is -2.19. The first-order valence-corrected chi connectivity index (χ1v) is 11.6. The monoisotopic (exact) mass is 472 g/mol. The van der Waals surface area contributed by atoms with Gasteiger partial charge < -0.3 is 10.6 Å². The fraction of sp³-hybridized carbons (Fsp3) is 0.0370. The van der Waals surface area contributed by atoms with Crippen LogP contribution in [0.5, 0.6) is 0 Å². The van der Waals surface area contributed by atoms with Crippen molar-refractivity contribution >= 4 is 46.6 Å². The molecule has 4 rings (SSSR count). The quantitative estimate of drug-likeness (QED) is 0.283. The lowest BCUT2D eigenvalue weighted by Gasteiger charge is -2.18. The third-order valence-electron chi connectivity index (χ3n) is 4.81. The molecule has 0 fully saturated rings. The van der Waals surface area contributed by atoms with Crippen LogP contribution in [-0.4, -0.2) is 11.8 Å². The zero-order valence-electron chi connectivity index (χ0n) is 17.6. The molecule has 0 aliphatic heterocycles. The van der Waals surface area contributed by atoms with Crippen LogP contribution in [0.15, 0.2) is 114 Å². The van der Waals surface area contributed by atoms with Crippen LogP contribution in [0.3, 0.4) is 0 Å². The number of benzene rings is 4. The molecule has 1 atom stereocenters. The Morgan fingerprint density at radius 3 is 2.09 bits per heavy atom. The minimum absolute atomic E-state index is 0.120. The largest absolute Gasteiger partial charge is 0.325 e. The Bertz CT molecular complexity index is 1250. The summed E-state index contributed by atoms with van der Waals surface area (Å²) >= 11 is 7.42. The highest BCUT2D eigenvalue weighted by molar-refractivity contribution is 8.00. The number of para-hydroxylation sites is 1. The fourth-order valence-corrected chi connectivity index (χ4v) is 4.52. The lowest BCUT2D eigenvalue weighted by atomic mass is 10.1. The van der Waals surface area contributed by atoms with Crippen molar-refractivity contribution < 1.29 is 9.59 Å². The summed E-state index contributed by atoms with van der Waals surface area (Å²) in [6, 6.07) is 33.2. The van der Waals surface area contributed by atoms with Gasteiger partial charge in [0.1, 0.15) is 5.25 Å². The number of anilines is 2. The third-order valence-corrected chi connectivity index (χ3v) is 6.30. The van der Waals surface area contributed by atoms with Crippen molar-refractivity contribution in [2.24, 2.45) is 0 Å². The van der Waals surface area contributed by atoms with Crippen LogP contribution in [0.1, 0.15) is 21.2 Å². The van der Waals surface area contributed by atoms with Gasteiger partial charge in [0, 0.05) is 26.9 Å². The van der Waals surface area contributed by atoms with Gasteiger partial charge in [-0.2, -0.15) is 0 Å². The molecular formula is C27H21ClN2O2S. The highest BCUT2D eigenvalue weighted by Gasteiger charge is 2.22. The van der Waals surface area contributed by atoms with Crippen LogP contribution in [0.4, 0.5) is 11.4 Å². The van der Waals surface area contributed by atoms with Crippen LogP contribution < -0.4 is 10.6 Å². The molecule has 0 radical (unpaired) electrons. The van der Waals surface area contributed by atoms with Crippen LogP contribution in [0, 0.1) is 0 Å². The number of hydrogen-bond acceptors (Lipinski definition) is 3. The maximum Gasteiger partial charge on any atom is 0.255 e. The first-order chi connectivity index (χ1) is 16.1. The van der Waals surface area contributed by atoms with Gasteiger partial charge in [0.2, 0.25) is 5.91 Å². The normalized spacial score (nSPS) is 11.4. The molecular weight excluding hydrogens is 452 g/mol. The minimum atomic E-state index is -0.467. The van der Waals surface area contributed by atoms with E-state index in [-0.39, 0.29) is 11.8 Å². The zero-order chi connectivity index (χ0) is 23.0. The molecule has 0 saturated carbocycles. The van der Waals surface area contributed by atoms with E-state index in [1.54, 1.807) is 24.3 Å². The molecule has 2 amide bonds. The fourth-order valence-electron chi connectivity index (χ4n) is 3.25. The van der Waals surface area contributed by atoms with Crippen molar-refractivity contribution in [3.8, 4) is 0 Å². The molecule has 33 heavy (non-hydrogen) atoms. The van der Waals surface area contributed by atoms with Gasteiger partial charge in [0.25, 0.3) is 5.91 Å². The Morgan fingerprint density at radius 1 is 0.697 bits per heavy atom. The summed E-state index contributed by atoms with van der Waals surface area (Å²) in [5, 5.41) is 5.92. The van der Waals surface area contributed by atoms with E-state index in [2.05, 4.69) is 10.6 Å². The number of nitrogens with one attached hydrogen (secondary N) is 2. The number of halogens is 1. The van der Waals surface area contributed by atoms with Gasteiger partial charge in [-0.25, -0.2) is 0 Å². The second-order valence-electron chi connectivity index (χ2n) is 7.26. The van der Waals surface area contributed by atoms with Gasteiger partial charge in [0.05, 0.1) is 0 Å². The van der Waals surface area contributed by atoms with E-state index < -0.39 is 5.25 Å². The molecule has 164 valence electrons. The summed E-state index contributed by atoms with van der Waals surface area (Å²) in [7, 11) is 0. The molecule has 0 aromatic heterocycles. The first kappa shape index (κ1) is 22.6. The van der Waals surface area contributed by atoms with E-state index in [9.17, 15) is 9.59 Å². The van der Waals surface area contributed by atoms with E-state index in [1.165, 1.54) is 11.8 Å². The minimum Gasteiger partial charge on any atom is -0.325 e. The van der Waals surface area contributed by atoms with Gasteiger partial charge in [-0.15, -0.1) is 11.8 Å². The Balaban J connectivity index is 1.54. The Labute approximate surface area is 202 Å². The molecule has 4 aromatic rings. The molecule has 0 heterocycles. The maximum atomic E-state index is 13.2. The Hall–Kier alpha value is -3.54. The molecule has 0 aliphatic rings. The van der Waals surface area contributed by atoms with Crippen molar-refractivity contribution in [2.45, 2.75) is 10.1 Å². The summed E-state index contributed by atoms with van der Waals surface area (Å²) in [4.78, 5) is 26.6. The lowest BCUT2D eigenvalue weighted by molar-refractivity contribution is -0.115. The molecule has 2 N–H and O–H groups in total. The molecule has 4 aromatic carbocycles. The number of thioether (sulfide) groups is 1. The zero-order valence-corrected chi connectivity index (χ0v) is 19.1. The van der Waals surface area contributed by atoms with Crippen molar-refractivity contribution in [1.29, 1.82) is 0 Å². The number of carbonyl (C=O) groups is 2. The van der Waals surface area contributed by atoms with Gasteiger partial charge in [-0.1, -0.05) is 72.3 Å². The predicted molar refractivity (Wildman–Crippen MR) is 136 cm³/mol. The smallest absolute Gasteiger partial charge is 0.255 e. The van der Waals surface area contributed by atoms with Crippen molar-refractivity contribution in [2.75, 3.05) is 10.6 Å². The van der Waals surface area contributed by atoms with Gasteiger partial charge in [0.15, 0.2) is 0 Å². The number of carbonyl (C=O) groups excluding carboxylic acids is 2. The van der Waals surface area contributed by atoms with Gasteiger partial charge in [-0.05, 0) is 54.1 Å². The van der Waals surface area contributed by atoms with E-state index in [0.717, 1.165) is 16.1 Å². The van der Waals surface area contributed by atoms with Crippen LogP contribution in [0.25, 0.3) is 0 Å². The van der Waals surface area contributed by atoms with E-state index in [1.807, 2.05) is 84.9 Å². The van der Waals surface area contributed by atoms with Crippen LogP contribution >= 0.6 is 23.4 Å². The third kappa shape index (κ3) is 6.25. The van der Waals surface area contributed by atoms with Crippen molar-refractivity contribution in [3.63, 3.8) is 0 Å². The number of rotatable bonds is 7. The number of hydrogen-bond donors (Lipinski definition) is 2. The summed E-state index contributed by atoms with van der Waals surface area (Å²) in [6.45, 7) is 0. The van der Waals surface area contributed by atoms with Crippen LogP contribution in [0.2, 0.25) is 5.02 Å². The number of amides is 2. The molecule has 0 aliphatic carbocycles. The first-order valence-electron chi connectivity index (χ1n) is 10.3. The molecule has 0 spiro atoms. The van der Waals surface area contributed by atoms with Crippen LogP contribution in [-0.2, 0) is 4.79 Å². The van der Waals surface area contributed by atoms with Crippen molar-refractivity contribution in [1.82, 2.24) is 0 Å². The maximum absolute atomic E-state index is 13.2. The predicted octanol–water partition coefficient (Wildman–Crippen LogP) is 7.06. The summed E-state index contributed by atoms with van der Waals surface area (Å²) in [6.07, 6.45) is 0. The second kappa shape index (κ2) is 10.9. The Kier molecular flexibility index (Phi) is 7.45. The molecule has 1 unspecified atom stereocenters. The summed E-state index contributed by atoms with van der Waals surface area (Å²) in [5.74, 6) is -0.369. The SMILES string of the molecule is O=C(Nc1cccc(SC(C(=O)Nc2ccccc2)c2ccccc2)c1)c1cccc(Cl)c1. The molecule has 4 nitrogen and oxygen atoms in total. The average molecular weight is 473 g/mol. The van der Waals surface area contributed by atoms with Crippen molar-refractivity contribution in [3.05, 3.63) is 125 Å². The molecule has 6 heteroatoms. The average Bonchev–Trinajstić information content (AvgIpc) is 2.84. The molecule has 0 saturated heterocycles. The molecule has 0 bridgehead atoms. The standard InChI is InChI=1S/C27H21ClN2O2S/c28-21-12-7-11-20(17-21)26(31)30-23-15-8-16-24(18-23)33-25(19-9-3-1-4-10-19)27(32)29-22-13-5-2-6-14-22/h1-18,25H,(H,29,32)(H,30,31). The van der Waals surface area contributed by atoms with Gasteiger partial charge >= 0.3 is 0 Å². The van der Waals surface area contributed by atoms with E-state index in [4.69, 9.17) is 11.6 Å². The second-order valence-corrected chi connectivity index (χ2v) is 8.87. The summed E-state index contributed by atoms with van der Waals surface area (Å²) in [5.41, 5.74) is 2.75. The van der Waals surface area contributed by atoms with Gasteiger partial charge in [-0.3, -0.25) is 9.59 Å². The topological polar surface area (TPSA) is 58.2 Å². The Morgan fingerprint density at radius 2 is 1.36 bits per heavy atom. The van der Waals surface area contributed by atoms with E-state index >= 15 is 0 Å². The highest BCUT2D eigenvalue weighted by atomic mass is 35.5. The summed E-state index contributed by atoms with van der Waals surface area (Å²) < 4.78 is 0. The highest BCUT2D eigenvalue weighted by Crippen LogP contribution is 2.37.